The lowest BCUT2D eigenvalue weighted by Crippen LogP contribution is -2.41. The molecule has 198 valence electrons. The Morgan fingerprint density at radius 2 is 1.78 bits per heavy atom. The van der Waals surface area contributed by atoms with Crippen LogP contribution >= 0.6 is 22.9 Å². The van der Waals surface area contributed by atoms with Gasteiger partial charge < -0.3 is 10.1 Å². The molecular weight excluding hydrogens is 525 g/mol. The van der Waals surface area contributed by atoms with Gasteiger partial charge in [0.05, 0.1) is 25.3 Å². The first-order chi connectivity index (χ1) is 17.8. The van der Waals surface area contributed by atoms with Gasteiger partial charge in [0.15, 0.2) is 0 Å². The highest BCUT2D eigenvalue weighted by Gasteiger charge is 2.30. The second-order valence-corrected chi connectivity index (χ2v) is 10.2. The Balaban J connectivity index is 1.42. The third kappa shape index (κ3) is 8.51. The molecule has 1 saturated heterocycles. The standard InChI is InChI=1S/C26H28ClF3N4O2S/c27-22-6-2-4-20(14-22)16-34(15-19-3-1-5-21(13-19)26(28,29)30)17-24-32-23(18-37-24)25(35)31-7-8-33-9-11-36-12-10-33/h1-6,13-14,18H,7-12,15-17H2,(H,31,35). The lowest BCUT2D eigenvalue weighted by Gasteiger charge is -2.26. The largest absolute Gasteiger partial charge is 0.416 e. The fourth-order valence-corrected chi connectivity index (χ4v) is 5.12. The fraction of sp³-hybridized carbons (Fsp3) is 0.385. The van der Waals surface area contributed by atoms with Crippen LogP contribution in [0.2, 0.25) is 5.02 Å². The van der Waals surface area contributed by atoms with Crippen molar-refractivity contribution in [2.75, 3.05) is 39.4 Å². The van der Waals surface area contributed by atoms with E-state index in [2.05, 4.69) is 15.2 Å². The van der Waals surface area contributed by atoms with E-state index in [1.54, 1.807) is 17.5 Å². The number of morpholine rings is 1. The summed E-state index contributed by atoms with van der Waals surface area (Å²) in [5, 5.41) is 5.90. The van der Waals surface area contributed by atoms with Crippen LogP contribution in [-0.2, 0) is 30.5 Å². The van der Waals surface area contributed by atoms with E-state index < -0.39 is 11.7 Å². The van der Waals surface area contributed by atoms with E-state index in [-0.39, 0.29) is 12.5 Å². The number of hydrogen-bond donors (Lipinski definition) is 1. The summed E-state index contributed by atoms with van der Waals surface area (Å²) in [6.07, 6.45) is -4.41. The van der Waals surface area contributed by atoms with Crippen LogP contribution in [0.5, 0.6) is 0 Å². The normalized spacial score (nSPS) is 14.7. The lowest BCUT2D eigenvalue weighted by molar-refractivity contribution is -0.137. The van der Waals surface area contributed by atoms with Crippen LogP contribution in [0.25, 0.3) is 0 Å². The molecule has 1 amide bonds. The number of alkyl halides is 3. The molecule has 1 aliphatic rings. The fourth-order valence-electron chi connectivity index (χ4n) is 4.09. The second-order valence-electron chi connectivity index (χ2n) is 8.81. The summed E-state index contributed by atoms with van der Waals surface area (Å²) in [4.78, 5) is 21.3. The molecule has 1 fully saturated rings. The SMILES string of the molecule is O=C(NCCN1CCOCC1)c1csc(CN(Cc2cccc(Cl)c2)Cc2cccc(C(F)(F)F)c2)n1. The Morgan fingerprint density at radius 1 is 1.08 bits per heavy atom. The Hall–Kier alpha value is -2.50. The molecule has 37 heavy (non-hydrogen) atoms. The first kappa shape index (κ1) is 27.5. The van der Waals surface area contributed by atoms with Gasteiger partial charge in [0.2, 0.25) is 0 Å². The number of rotatable bonds is 10. The summed E-state index contributed by atoms with van der Waals surface area (Å²) in [6.45, 7) is 5.48. The summed E-state index contributed by atoms with van der Waals surface area (Å²) < 4.78 is 45.0. The summed E-state index contributed by atoms with van der Waals surface area (Å²) in [7, 11) is 0. The van der Waals surface area contributed by atoms with Crippen molar-refractivity contribution in [2.45, 2.75) is 25.8 Å². The molecule has 2 heterocycles. The molecule has 4 rings (SSSR count). The van der Waals surface area contributed by atoms with Crippen molar-refractivity contribution in [1.82, 2.24) is 20.1 Å². The van der Waals surface area contributed by atoms with E-state index in [1.165, 1.54) is 23.5 Å². The molecule has 1 aliphatic heterocycles. The number of aromatic nitrogens is 1. The number of carbonyl (C=O) groups excluding carboxylic acids is 1. The monoisotopic (exact) mass is 552 g/mol. The van der Waals surface area contributed by atoms with E-state index >= 15 is 0 Å². The van der Waals surface area contributed by atoms with Crippen molar-refractivity contribution in [3.8, 4) is 0 Å². The smallest absolute Gasteiger partial charge is 0.379 e. The number of benzene rings is 2. The van der Waals surface area contributed by atoms with Crippen molar-refractivity contribution in [3.05, 3.63) is 86.3 Å². The number of thiazole rings is 1. The quantitative estimate of drug-likeness (QED) is 0.380. The minimum absolute atomic E-state index is 0.241. The zero-order chi connectivity index (χ0) is 26.3. The molecule has 0 bridgehead atoms. The molecule has 6 nitrogen and oxygen atoms in total. The third-order valence-corrected chi connectivity index (χ3v) is 6.98. The zero-order valence-corrected chi connectivity index (χ0v) is 21.7. The zero-order valence-electron chi connectivity index (χ0n) is 20.1. The summed E-state index contributed by atoms with van der Waals surface area (Å²) >= 11 is 7.49. The van der Waals surface area contributed by atoms with Gasteiger partial charge in [0, 0.05) is 49.7 Å². The second kappa shape index (κ2) is 12.8. The third-order valence-electron chi connectivity index (χ3n) is 5.92. The first-order valence-electron chi connectivity index (χ1n) is 11.9. The Bertz CT molecular complexity index is 1180. The predicted octanol–water partition coefficient (Wildman–Crippen LogP) is 5.08. The van der Waals surface area contributed by atoms with Crippen LogP contribution in [0.3, 0.4) is 0 Å². The van der Waals surface area contributed by atoms with Gasteiger partial charge in [0.25, 0.3) is 5.91 Å². The van der Waals surface area contributed by atoms with Crippen molar-refractivity contribution in [1.29, 1.82) is 0 Å². The maximum absolute atomic E-state index is 13.2. The Morgan fingerprint density at radius 3 is 2.49 bits per heavy atom. The number of halogens is 4. The number of nitrogens with one attached hydrogen (secondary N) is 1. The molecule has 0 spiro atoms. The van der Waals surface area contributed by atoms with E-state index in [9.17, 15) is 18.0 Å². The topological polar surface area (TPSA) is 57.7 Å². The molecule has 11 heteroatoms. The molecule has 3 aromatic rings. The number of amides is 1. The van der Waals surface area contributed by atoms with Crippen LogP contribution in [0.4, 0.5) is 13.2 Å². The Labute approximate surface area is 223 Å². The molecular formula is C26H28ClF3N4O2S. The maximum Gasteiger partial charge on any atom is 0.416 e. The molecule has 2 aromatic carbocycles. The molecule has 1 aromatic heterocycles. The van der Waals surface area contributed by atoms with Gasteiger partial charge in [-0.3, -0.25) is 14.6 Å². The summed E-state index contributed by atoms with van der Waals surface area (Å²) in [5.74, 6) is -0.241. The van der Waals surface area contributed by atoms with Gasteiger partial charge in [-0.1, -0.05) is 41.9 Å². The van der Waals surface area contributed by atoms with E-state index in [4.69, 9.17) is 16.3 Å². The van der Waals surface area contributed by atoms with Gasteiger partial charge in [-0.05, 0) is 29.3 Å². The van der Waals surface area contributed by atoms with Gasteiger partial charge in [-0.15, -0.1) is 11.3 Å². The van der Waals surface area contributed by atoms with Crippen molar-refractivity contribution < 1.29 is 22.7 Å². The first-order valence-corrected chi connectivity index (χ1v) is 13.2. The van der Waals surface area contributed by atoms with Gasteiger partial charge in [-0.25, -0.2) is 4.98 Å². The van der Waals surface area contributed by atoms with Gasteiger partial charge in [-0.2, -0.15) is 13.2 Å². The van der Waals surface area contributed by atoms with Gasteiger partial charge >= 0.3 is 6.18 Å². The number of carbonyl (C=O) groups is 1. The number of ether oxygens (including phenoxy) is 1. The molecule has 0 radical (unpaired) electrons. The summed E-state index contributed by atoms with van der Waals surface area (Å²) in [6, 6.07) is 12.7. The van der Waals surface area contributed by atoms with Crippen LogP contribution < -0.4 is 5.32 Å². The van der Waals surface area contributed by atoms with Gasteiger partial charge in [0.1, 0.15) is 10.7 Å². The number of nitrogens with zero attached hydrogens (tertiary/aromatic N) is 3. The highest BCUT2D eigenvalue weighted by atomic mass is 35.5. The summed E-state index contributed by atoms with van der Waals surface area (Å²) in [5.41, 5.74) is 1.12. The Kier molecular flexibility index (Phi) is 9.55. The van der Waals surface area contributed by atoms with E-state index in [0.717, 1.165) is 31.3 Å². The molecule has 0 aliphatic carbocycles. The van der Waals surface area contributed by atoms with Crippen LogP contribution in [0.1, 0.15) is 32.2 Å². The highest BCUT2D eigenvalue weighted by molar-refractivity contribution is 7.09. The highest BCUT2D eigenvalue weighted by Crippen LogP contribution is 2.30. The lowest BCUT2D eigenvalue weighted by atomic mass is 10.1. The molecule has 0 atom stereocenters. The van der Waals surface area contributed by atoms with E-state index in [0.29, 0.717) is 54.1 Å². The minimum atomic E-state index is -4.41. The minimum Gasteiger partial charge on any atom is -0.379 e. The molecule has 0 unspecified atom stereocenters. The van der Waals surface area contributed by atoms with Crippen LogP contribution in [0.15, 0.2) is 53.9 Å². The number of hydrogen-bond acceptors (Lipinski definition) is 6. The average Bonchev–Trinajstić information content (AvgIpc) is 3.33. The maximum atomic E-state index is 13.2. The predicted molar refractivity (Wildman–Crippen MR) is 138 cm³/mol. The average molecular weight is 553 g/mol. The van der Waals surface area contributed by atoms with Crippen LogP contribution in [0, 0.1) is 0 Å². The van der Waals surface area contributed by atoms with E-state index in [1.807, 2.05) is 23.1 Å². The van der Waals surface area contributed by atoms with Crippen molar-refractivity contribution >= 4 is 28.8 Å². The molecule has 1 N–H and O–H groups in total. The van der Waals surface area contributed by atoms with Crippen molar-refractivity contribution in [3.63, 3.8) is 0 Å². The van der Waals surface area contributed by atoms with Crippen LogP contribution in [-0.4, -0.2) is 60.1 Å². The van der Waals surface area contributed by atoms with Crippen molar-refractivity contribution in [2.24, 2.45) is 0 Å². The molecule has 0 saturated carbocycles.